The number of amides is 1. The van der Waals surface area contributed by atoms with E-state index in [1.165, 1.54) is 0 Å². The van der Waals surface area contributed by atoms with E-state index in [4.69, 9.17) is 15.2 Å². The first-order valence-corrected chi connectivity index (χ1v) is 7.82. The molecular weight excluding hydrogens is 282 g/mol. The Labute approximate surface area is 131 Å². The first-order chi connectivity index (χ1) is 10.8. The molecule has 2 rings (SSSR count). The number of nitrogens with zero attached hydrogens (tertiary/aromatic N) is 1. The maximum atomic E-state index is 12.0. The largest absolute Gasteiger partial charge is 0.484 e. The van der Waals surface area contributed by atoms with Crippen molar-refractivity contribution >= 4 is 11.6 Å². The number of hydrogen-bond donors (Lipinski definition) is 2. The summed E-state index contributed by atoms with van der Waals surface area (Å²) in [5.74, 6) is 0.710. The summed E-state index contributed by atoms with van der Waals surface area (Å²) in [6, 6.07) is 7.66. The van der Waals surface area contributed by atoms with Gasteiger partial charge in [0.2, 0.25) is 0 Å². The summed E-state index contributed by atoms with van der Waals surface area (Å²) in [6.45, 7) is 4.22. The van der Waals surface area contributed by atoms with Gasteiger partial charge in [-0.2, -0.15) is 0 Å². The summed E-state index contributed by atoms with van der Waals surface area (Å²) in [5.41, 5.74) is 6.50. The predicted octanol–water partition coefficient (Wildman–Crippen LogP) is 1.08. The highest BCUT2D eigenvalue weighted by molar-refractivity contribution is 5.77. The lowest BCUT2D eigenvalue weighted by molar-refractivity contribution is -0.137. The molecule has 1 fully saturated rings. The van der Waals surface area contributed by atoms with E-state index in [-0.39, 0.29) is 12.5 Å². The normalized spacial score (nSPS) is 14.7. The van der Waals surface area contributed by atoms with Crippen molar-refractivity contribution < 1.29 is 14.3 Å². The number of morpholine rings is 1. The van der Waals surface area contributed by atoms with Gasteiger partial charge in [0.25, 0.3) is 5.91 Å². The van der Waals surface area contributed by atoms with E-state index in [0.717, 1.165) is 31.6 Å². The van der Waals surface area contributed by atoms with Gasteiger partial charge in [-0.1, -0.05) is 0 Å². The van der Waals surface area contributed by atoms with Gasteiger partial charge >= 0.3 is 0 Å². The van der Waals surface area contributed by atoms with Crippen molar-refractivity contribution in [2.24, 2.45) is 5.73 Å². The van der Waals surface area contributed by atoms with Crippen LogP contribution in [0, 0.1) is 0 Å². The summed E-state index contributed by atoms with van der Waals surface area (Å²) in [7, 11) is 0. The second kappa shape index (κ2) is 9.27. The van der Waals surface area contributed by atoms with Gasteiger partial charge in [0.1, 0.15) is 5.75 Å². The molecule has 1 aromatic rings. The van der Waals surface area contributed by atoms with Crippen molar-refractivity contribution in [2.75, 3.05) is 51.3 Å². The number of rotatable bonds is 8. The van der Waals surface area contributed by atoms with Gasteiger partial charge in [0.05, 0.1) is 13.2 Å². The van der Waals surface area contributed by atoms with Crippen LogP contribution in [0.5, 0.6) is 5.75 Å². The minimum absolute atomic E-state index is 0.00675. The zero-order chi connectivity index (χ0) is 15.6. The SMILES string of the molecule is NCCCCNc1ccc(OCC(=O)N2CCOCC2)cc1. The van der Waals surface area contributed by atoms with E-state index in [1.54, 1.807) is 4.90 Å². The maximum Gasteiger partial charge on any atom is 0.260 e. The highest BCUT2D eigenvalue weighted by Gasteiger charge is 2.16. The fourth-order valence-electron chi connectivity index (χ4n) is 2.22. The van der Waals surface area contributed by atoms with E-state index < -0.39 is 0 Å². The quantitative estimate of drug-likeness (QED) is 0.703. The predicted molar refractivity (Wildman–Crippen MR) is 86.1 cm³/mol. The summed E-state index contributed by atoms with van der Waals surface area (Å²) in [6.07, 6.45) is 2.08. The van der Waals surface area contributed by atoms with E-state index in [1.807, 2.05) is 24.3 Å². The Kier molecular flexibility index (Phi) is 6.99. The average Bonchev–Trinajstić information content (AvgIpc) is 2.58. The zero-order valence-corrected chi connectivity index (χ0v) is 12.9. The van der Waals surface area contributed by atoms with Crippen LogP contribution in [0.4, 0.5) is 5.69 Å². The van der Waals surface area contributed by atoms with Gasteiger partial charge in [-0.05, 0) is 43.7 Å². The number of ether oxygens (including phenoxy) is 2. The summed E-state index contributed by atoms with van der Waals surface area (Å²) in [5, 5.41) is 3.32. The Hall–Kier alpha value is -1.79. The number of nitrogens with two attached hydrogens (primary N) is 1. The highest BCUT2D eigenvalue weighted by Crippen LogP contribution is 2.16. The zero-order valence-electron chi connectivity index (χ0n) is 12.9. The van der Waals surface area contributed by atoms with Crippen LogP contribution in [-0.2, 0) is 9.53 Å². The van der Waals surface area contributed by atoms with Crippen LogP contribution >= 0.6 is 0 Å². The molecule has 6 heteroatoms. The van der Waals surface area contributed by atoms with Gasteiger partial charge in [0.15, 0.2) is 6.61 Å². The Balaban J connectivity index is 1.70. The van der Waals surface area contributed by atoms with Crippen LogP contribution in [-0.4, -0.2) is 56.8 Å². The first kappa shape index (κ1) is 16.6. The molecule has 22 heavy (non-hydrogen) atoms. The lowest BCUT2D eigenvalue weighted by Gasteiger charge is -2.26. The average molecular weight is 307 g/mol. The summed E-state index contributed by atoms with van der Waals surface area (Å²) >= 11 is 0. The molecule has 1 aliphatic heterocycles. The molecule has 0 unspecified atom stereocenters. The second-order valence-corrected chi connectivity index (χ2v) is 5.23. The minimum Gasteiger partial charge on any atom is -0.484 e. The van der Waals surface area contributed by atoms with E-state index in [2.05, 4.69) is 5.32 Å². The van der Waals surface area contributed by atoms with Gasteiger partial charge < -0.3 is 25.4 Å². The van der Waals surface area contributed by atoms with Crippen LogP contribution in [0.3, 0.4) is 0 Å². The van der Waals surface area contributed by atoms with E-state index >= 15 is 0 Å². The lowest BCUT2D eigenvalue weighted by atomic mass is 10.2. The summed E-state index contributed by atoms with van der Waals surface area (Å²) < 4.78 is 10.8. The number of carbonyl (C=O) groups excluding carboxylic acids is 1. The third-order valence-electron chi connectivity index (χ3n) is 3.54. The van der Waals surface area contributed by atoms with Gasteiger partial charge in [-0.3, -0.25) is 4.79 Å². The van der Waals surface area contributed by atoms with Crippen molar-refractivity contribution in [2.45, 2.75) is 12.8 Å². The molecule has 0 atom stereocenters. The molecule has 0 saturated carbocycles. The molecule has 122 valence electrons. The van der Waals surface area contributed by atoms with Crippen LogP contribution in [0.15, 0.2) is 24.3 Å². The van der Waals surface area contributed by atoms with Crippen molar-refractivity contribution in [3.63, 3.8) is 0 Å². The Morgan fingerprint density at radius 3 is 2.64 bits per heavy atom. The number of anilines is 1. The molecule has 1 aliphatic rings. The minimum atomic E-state index is 0.00675. The van der Waals surface area contributed by atoms with E-state index in [0.29, 0.717) is 32.1 Å². The Morgan fingerprint density at radius 2 is 1.95 bits per heavy atom. The molecule has 6 nitrogen and oxygen atoms in total. The van der Waals surface area contributed by atoms with Crippen LogP contribution in [0.25, 0.3) is 0 Å². The second-order valence-electron chi connectivity index (χ2n) is 5.23. The molecule has 1 saturated heterocycles. The summed E-state index contributed by atoms with van der Waals surface area (Å²) in [4.78, 5) is 13.7. The number of carbonyl (C=O) groups is 1. The van der Waals surface area contributed by atoms with Crippen molar-refractivity contribution in [3.05, 3.63) is 24.3 Å². The monoisotopic (exact) mass is 307 g/mol. The van der Waals surface area contributed by atoms with Crippen LogP contribution in [0.1, 0.15) is 12.8 Å². The molecule has 0 bridgehead atoms. The van der Waals surface area contributed by atoms with Gasteiger partial charge in [-0.15, -0.1) is 0 Å². The molecule has 0 spiro atoms. The van der Waals surface area contributed by atoms with Crippen LogP contribution in [0.2, 0.25) is 0 Å². The number of nitrogens with one attached hydrogen (secondary N) is 1. The van der Waals surface area contributed by atoms with Crippen LogP contribution < -0.4 is 15.8 Å². The van der Waals surface area contributed by atoms with Crippen molar-refractivity contribution in [3.8, 4) is 5.75 Å². The third kappa shape index (κ3) is 5.54. The highest BCUT2D eigenvalue weighted by atomic mass is 16.5. The number of hydrogen-bond acceptors (Lipinski definition) is 5. The Bertz CT molecular complexity index is 444. The molecule has 1 heterocycles. The van der Waals surface area contributed by atoms with E-state index in [9.17, 15) is 4.79 Å². The lowest BCUT2D eigenvalue weighted by Crippen LogP contribution is -2.42. The molecule has 3 N–H and O–H groups in total. The standard InChI is InChI=1S/C16H25N3O3/c17-7-1-2-8-18-14-3-5-15(6-4-14)22-13-16(20)19-9-11-21-12-10-19/h3-6,18H,1-2,7-13,17H2. The molecule has 1 aromatic carbocycles. The third-order valence-corrected chi connectivity index (χ3v) is 3.54. The fraction of sp³-hybridized carbons (Fsp3) is 0.562. The maximum absolute atomic E-state index is 12.0. The van der Waals surface area contributed by atoms with Gasteiger partial charge in [0, 0.05) is 25.3 Å². The first-order valence-electron chi connectivity index (χ1n) is 7.82. The number of benzene rings is 1. The molecular formula is C16H25N3O3. The molecule has 1 amide bonds. The molecule has 0 aromatic heterocycles. The Morgan fingerprint density at radius 1 is 1.23 bits per heavy atom. The van der Waals surface area contributed by atoms with Crippen molar-refractivity contribution in [1.29, 1.82) is 0 Å². The topological polar surface area (TPSA) is 76.8 Å². The van der Waals surface area contributed by atoms with Crippen molar-refractivity contribution in [1.82, 2.24) is 4.90 Å². The fourth-order valence-corrected chi connectivity index (χ4v) is 2.22. The molecule has 0 aliphatic carbocycles. The molecule has 0 radical (unpaired) electrons. The number of unbranched alkanes of at least 4 members (excludes halogenated alkanes) is 1. The van der Waals surface area contributed by atoms with Gasteiger partial charge in [-0.25, -0.2) is 0 Å². The smallest absolute Gasteiger partial charge is 0.260 e.